The van der Waals surface area contributed by atoms with Crippen LogP contribution in [0.2, 0.25) is 0 Å². The highest BCUT2D eigenvalue weighted by Crippen LogP contribution is 2.69. The second-order valence-electron chi connectivity index (χ2n) is 17.9. The summed E-state index contributed by atoms with van der Waals surface area (Å²) in [5.74, 6) is -3.24. The normalized spacial score (nSPS) is 32.8. The lowest BCUT2D eigenvalue weighted by Crippen LogP contribution is -2.63. The van der Waals surface area contributed by atoms with Crippen molar-refractivity contribution in [1.29, 1.82) is 0 Å². The summed E-state index contributed by atoms with van der Waals surface area (Å²) in [6.07, 6.45) is -1.86. The van der Waals surface area contributed by atoms with Gasteiger partial charge in [0.25, 0.3) is 0 Å². The van der Waals surface area contributed by atoms with Crippen LogP contribution in [0.25, 0.3) is 0 Å². The molecule has 0 spiro atoms. The molecule has 15 atom stereocenters. The van der Waals surface area contributed by atoms with Gasteiger partial charge in [-0.1, -0.05) is 60.4 Å². The summed E-state index contributed by atoms with van der Waals surface area (Å²) >= 11 is 0. The van der Waals surface area contributed by atoms with Crippen LogP contribution in [0.1, 0.15) is 72.1 Å². The van der Waals surface area contributed by atoms with E-state index in [0.29, 0.717) is 19.3 Å². The maximum Gasteiger partial charge on any atom is 0.508 e. The lowest BCUT2D eigenvalue weighted by molar-refractivity contribution is -0.200. The number of ketones is 2. The molecule has 4 fully saturated rings. The Labute approximate surface area is 385 Å². The van der Waals surface area contributed by atoms with Crippen molar-refractivity contribution in [2.75, 3.05) is 44.9 Å². The topological polar surface area (TPSA) is 317 Å². The van der Waals surface area contributed by atoms with Gasteiger partial charge < -0.3 is 70.6 Å². The van der Waals surface area contributed by atoms with E-state index in [1.54, 1.807) is 12.2 Å². The predicted molar refractivity (Wildman–Crippen MR) is 234 cm³/mol. The molecular formula is C43H65N3O17S2. The Hall–Kier alpha value is -3.16. The Morgan fingerprint density at radius 2 is 1.75 bits per heavy atom. The average Bonchev–Trinajstić information content (AvgIpc) is 3.76. The number of likely N-dealkylation sites (N-methyl/N-ethyl adjacent to an activating group) is 1. The zero-order valence-electron chi connectivity index (χ0n) is 37.1. The van der Waals surface area contributed by atoms with Crippen molar-refractivity contribution < 1.29 is 83.5 Å². The molecule has 5 aliphatic rings. The number of hydrogen-bond donors (Lipinski definition) is 10. The first kappa shape index (κ1) is 52.8. The Morgan fingerprint density at radius 3 is 2.43 bits per heavy atom. The highest BCUT2D eigenvalue weighted by molar-refractivity contribution is 8.76. The van der Waals surface area contributed by atoms with Crippen LogP contribution in [0, 0.1) is 28.6 Å². The zero-order valence-corrected chi connectivity index (χ0v) is 38.7. The van der Waals surface area contributed by atoms with Crippen molar-refractivity contribution in [2.45, 2.75) is 133 Å². The molecule has 1 aliphatic heterocycles. The maximum absolute atomic E-state index is 14.4. The number of carboxylic acids is 1. The third-order valence-electron chi connectivity index (χ3n) is 14.0. The summed E-state index contributed by atoms with van der Waals surface area (Å²) in [4.78, 5) is 76.6. The number of hydrogen-bond acceptors (Lipinski definition) is 19. The molecule has 1 heterocycles. The van der Waals surface area contributed by atoms with Crippen LogP contribution in [0.15, 0.2) is 23.8 Å². The van der Waals surface area contributed by atoms with Gasteiger partial charge >= 0.3 is 12.1 Å². The van der Waals surface area contributed by atoms with Gasteiger partial charge in [-0.3, -0.25) is 19.2 Å². The van der Waals surface area contributed by atoms with E-state index in [-0.39, 0.29) is 60.9 Å². The van der Waals surface area contributed by atoms with E-state index in [1.807, 2.05) is 19.9 Å². The summed E-state index contributed by atoms with van der Waals surface area (Å²) in [5, 5.41) is 77.1. The molecule has 65 heavy (non-hydrogen) atoms. The minimum absolute atomic E-state index is 0.0191. The molecule has 5 rings (SSSR count). The van der Waals surface area contributed by atoms with Gasteiger partial charge in [0.1, 0.15) is 31.0 Å². The summed E-state index contributed by atoms with van der Waals surface area (Å²) in [6, 6.07) is -2.30. The van der Waals surface area contributed by atoms with Crippen LogP contribution in [0.4, 0.5) is 4.79 Å². The van der Waals surface area contributed by atoms with Crippen LogP contribution in [-0.2, 0) is 42.9 Å². The Balaban J connectivity index is 1.06. The van der Waals surface area contributed by atoms with Crippen molar-refractivity contribution in [3.63, 3.8) is 0 Å². The standard InChI is InChI=1S/C43H65N3O17S2/c1-5-6-34-62-32-16-25-24-8-7-22-15-23(48)11-12-41(22,2)35(24)28(49)17-42(25,3)43(32,63-34)31(52)20-61-40(59)60-13-14-64-65-21-27(39(57)58)46-38(56)26(44-4)9-10-33(53)45-18-29(50)36(54)37(55)30(51)19-47/h11-12,15,24-30,32,34-37,44,47,49-51,54-55H,5-10,13-14,16-21H2,1-4H3,(H,45,53)(H,46,56)(H,57,58)/t24-,25-,26-,27-,28-,29-,30+,32+,34?,35+,36+,37+,41-,42-,43+/m0/s1. The van der Waals surface area contributed by atoms with Gasteiger partial charge in [-0.2, -0.15) is 0 Å². The van der Waals surface area contributed by atoms with E-state index in [1.165, 1.54) is 17.8 Å². The molecule has 4 aliphatic carbocycles. The molecule has 1 saturated heterocycles. The Morgan fingerprint density at radius 1 is 1.03 bits per heavy atom. The van der Waals surface area contributed by atoms with E-state index < -0.39 is 121 Å². The summed E-state index contributed by atoms with van der Waals surface area (Å²) < 4.78 is 23.6. The Bertz CT molecular complexity index is 1810. The highest BCUT2D eigenvalue weighted by Gasteiger charge is 2.76. The lowest BCUT2D eigenvalue weighted by Gasteiger charge is -2.59. The smallest absolute Gasteiger partial charge is 0.480 e. The van der Waals surface area contributed by atoms with Crippen molar-refractivity contribution in [3.05, 3.63) is 23.8 Å². The van der Waals surface area contributed by atoms with E-state index in [2.05, 4.69) is 22.9 Å². The fourth-order valence-corrected chi connectivity index (χ4v) is 12.7. The number of fused-ring (bicyclic) bond motifs is 7. The highest BCUT2D eigenvalue weighted by atomic mass is 33.1. The zero-order chi connectivity index (χ0) is 47.9. The van der Waals surface area contributed by atoms with Crippen molar-refractivity contribution >= 4 is 57.1 Å². The average molecular weight is 960 g/mol. The van der Waals surface area contributed by atoms with Gasteiger partial charge in [-0.05, 0) is 69.6 Å². The maximum atomic E-state index is 14.4. The molecule has 0 radical (unpaired) electrons. The molecule has 20 nitrogen and oxygen atoms in total. The number of carboxylic acid groups (broad SMARTS) is 1. The molecular weight excluding hydrogens is 895 g/mol. The molecule has 22 heteroatoms. The SMILES string of the molecule is CCCC1O[C@@H]2C[C@H]3[C@@H]4CCC5=CC(=O)C=C[C@]5(C)[C@H]4[C@@H](O)C[C@]3(C)[C@]2(C(=O)COC(=O)OCCSSC[C@H](NC(=O)[C@H](CCC(=O)NC[C@H](O)[C@@H](O)[C@H](O)[C@H](O)CO)NC)C(=O)O)O1. The van der Waals surface area contributed by atoms with Crippen molar-refractivity contribution in [2.24, 2.45) is 28.6 Å². The van der Waals surface area contributed by atoms with Crippen LogP contribution >= 0.6 is 21.6 Å². The quantitative estimate of drug-likeness (QED) is 0.0339. The molecule has 366 valence electrons. The number of carbonyl (C=O) groups is 6. The van der Waals surface area contributed by atoms with E-state index in [9.17, 15) is 59.4 Å². The minimum atomic E-state index is -1.87. The summed E-state index contributed by atoms with van der Waals surface area (Å²) in [7, 11) is 3.71. The summed E-state index contributed by atoms with van der Waals surface area (Å²) in [6.45, 7) is 3.88. The Kier molecular flexibility index (Phi) is 18.5. The lowest BCUT2D eigenvalue weighted by atomic mass is 9.46. The van der Waals surface area contributed by atoms with E-state index in [4.69, 9.17) is 24.1 Å². The molecule has 0 aromatic rings. The van der Waals surface area contributed by atoms with E-state index >= 15 is 0 Å². The van der Waals surface area contributed by atoms with Crippen LogP contribution < -0.4 is 16.0 Å². The van der Waals surface area contributed by atoms with Gasteiger partial charge in [0.2, 0.25) is 17.6 Å². The number of aliphatic hydroxyl groups is 6. The number of nitrogens with one attached hydrogen (secondary N) is 3. The molecule has 10 N–H and O–H groups in total. The second kappa shape index (κ2) is 22.8. The van der Waals surface area contributed by atoms with Gasteiger partial charge in [0, 0.05) is 41.2 Å². The first-order chi connectivity index (χ1) is 30.8. The fraction of sp³-hybridized carbons (Fsp3) is 0.767. The number of aliphatic hydroxyl groups excluding tert-OH is 6. The first-order valence-corrected chi connectivity index (χ1v) is 24.6. The predicted octanol–water partition coefficient (Wildman–Crippen LogP) is -0.251. The molecule has 0 bridgehead atoms. The van der Waals surface area contributed by atoms with Crippen molar-refractivity contribution in [1.82, 2.24) is 16.0 Å². The van der Waals surface area contributed by atoms with Gasteiger partial charge in [0.15, 0.2) is 24.3 Å². The van der Waals surface area contributed by atoms with Crippen LogP contribution in [-0.4, -0.2) is 177 Å². The third kappa shape index (κ3) is 11.4. The molecule has 3 saturated carbocycles. The number of ether oxygens (including phenoxy) is 4. The third-order valence-corrected chi connectivity index (χ3v) is 16.4. The van der Waals surface area contributed by atoms with Gasteiger partial charge in [0.05, 0.1) is 31.0 Å². The number of rotatable bonds is 24. The van der Waals surface area contributed by atoms with Gasteiger partial charge in [-0.15, -0.1) is 0 Å². The molecule has 0 aromatic heterocycles. The van der Waals surface area contributed by atoms with Crippen LogP contribution in [0.5, 0.6) is 0 Å². The molecule has 1 unspecified atom stereocenters. The number of Topliss-reactive ketones (excluding diaryl/α,β-unsaturated/α-hetero) is 1. The van der Waals surface area contributed by atoms with Crippen molar-refractivity contribution in [3.8, 4) is 0 Å². The van der Waals surface area contributed by atoms with E-state index in [0.717, 1.165) is 29.2 Å². The molecule has 0 aromatic carbocycles. The fourth-order valence-electron chi connectivity index (χ4n) is 10.7. The number of aliphatic carboxylic acids is 1. The number of amides is 2. The number of allylic oxidation sites excluding steroid dienone is 4. The van der Waals surface area contributed by atoms with Crippen LogP contribution in [0.3, 0.4) is 0 Å². The van der Waals surface area contributed by atoms with Gasteiger partial charge in [-0.25, -0.2) is 9.59 Å². The largest absolute Gasteiger partial charge is 0.508 e. The monoisotopic (exact) mass is 959 g/mol. The number of carbonyl (C=O) groups excluding carboxylic acids is 5. The molecule has 2 amide bonds. The first-order valence-electron chi connectivity index (χ1n) is 22.1. The second-order valence-corrected chi connectivity index (χ2v) is 20.6. The minimum Gasteiger partial charge on any atom is -0.480 e. The summed E-state index contributed by atoms with van der Waals surface area (Å²) in [5.41, 5.74) is -1.80.